The van der Waals surface area contributed by atoms with Gasteiger partial charge in [0, 0.05) is 29.8 Å². The van der Waals surface area contributed by atoms with Crippen LogP contribution in [0.3, 0.4) is 0 Å². The third-order valence-electron chi connectivity index (χ3n) is 6.20. The Hall–Kier alpha value is -4.51. The molecular weight excluding hydrogens is 564 g/mol. The summed E-state index contributed by atoms with van der Waals surface area (Å²) in [7, 11) is 0. The van der Waals surface area contributed by atoms with Crippen LogP contribution in [0, 0.1) is 0 Å². The van der Waals surface area contributed by atoms with Crippen LogP contribution in [0.4, 0.5) is 0 Å². The number of rotatable bonds is 17. The number of aliphatic carboxylic acids is 2. The molecule has 12 heteroatoms. The van der Waals surface area contributed by atoms with Crippen molar-refractivity contribution in [2.45, 2.75) is 64.5 Å². The number of nitrogens with one attached hydrogen (secondary N) is 2. The lowest BCUT2D eigenvalue weighted by atomic mass is 10.0. The predicted molar refractivity (Wildman–Crippen MR) is 159 cm³/mol. The van der Waals surface area contributed by atoms with Gasteiger partial charge >= 0.3 is 11.9 Å². The van der Waals surface area contributed by atoms with Crippen LogP contribution in [-0.4, -0.2) is 57.5 Å². The summed E-state index contributed by atoms with van der Waals surface area (Å²) >= 11 is 6.13. The van der Waals surface area contributed by atoms with Crippen LogP contribution < -0.4 is 16.5 Å². The first-order valence-corrected chi connectivity index (χ1v) is 13.6. The first kappa shape index (κ1) is 33.7. The number of halogens is 1. The Labute approximate surface area is 248 Å². The summed E-state index contributed by atoms with van der Waals surface area (Å²) in [4.78, 5) is 58.5. The van der Waals surface area contributed by atoms with Gasteiger partial charge in [-0.15, -0.1) is 0 Å². The van der Waals surface area contributed by atoms with Crippen molar-refractivity contribution < 1.29 is 34.2 Å². The molecule has 11 nitrogen and oxygen atoms in total. The molecule has 6 N–H and O–H groups in total. The molecule has 0 unspecified atom stereocenters. The molecule has 0 aromatic heterocycles. The number of allylic oxidation sites excluding steroid dienone is 2. The number of carbonyl (C=O) groups excluding carboxylic acids is 3. The topological polar surface area (TPSA) is 188 Å². The fraction of sp³-hybridized carbons (Fsp3) is 0.333. The van der Waals surface area contributed by atoms with E-state index in [0.29, 0.717) is 29.1 Å². The van der Waals surface area contributed by atoms with Gasteiger partial charge < -0.3 is 26.1 Å². The summed E-state index contributed by atoms with van der Waals surface area (Å²) in [5, 5.41) is 25.5. The Morgan fingerprint density at radius 1 is 0.881 bits per heavy atom. The lowest BCUT2D eigenvalue weighted by Gasteiger charge is -2.20. The molecule has 2 atom stereocenters. The zero-order valence-corrected chi connectivity index (χ0v) is 24.2. The molecule has 2 amide bonds. The molecule has 42 heavy (non-hydrogen) atoms. The Morgan fingerprint density at radius 2 is 1.50 bits per heavy atom. The minimum atomic E-state index is -1.26. The van der Waals surface area contributed by atoms with Crippen LogP contribution in [-0.2, 0) is 24.0 Å². The maximum absolute atomic E-state index is 13.0. The number of nitrogens with zero attached hydrogens (tertiary/aromatic N) is 1. The maximum Gasteiger partial charge on any atom is 0.303 e. The summed E-state index contributed by atoms with van der Waals surface area (Å²) in [5.41, 5.74) is 11.8. The Bertz CT molecular complexity index is 1360. The predicted octanol–water partition coefficient (Wildman–Crippen LogP) is 3.68. The molecular formula is C30H35ClN4O7. The maximum atomic E-state index is 13.0. The number of ketones is 1. The van der Waals surface area contributed by atoms with Crippen LogP contribution in [0.5, 0.6) is 0 Å². The number of Topliss-reactive ketones (excluding diaryl/α,β-unsaturated/α-hetero) is 1. The van der Waals surface area contributed by atoms with Crippen molar-refractivity contribution in [1.82, 2.24) is 10.7 Å². The van der Waals surface area contributed by atoms with Gasteiger partial charge in [-0.1, -0.05) is 53.6 Å². The van der Waals surface area contributed by atoms with E-state index in [4.69, 9.17) is 22.4 Å². The van der Waals surface area contributed by atoms with Crippen molar-refractivity contribution in [3.05, 3.63) is 70.8 Å². The highest BCUT2D eigenvalue weighted by atomic mass is 35.5. The largest absolute Gasteiger partial charge is 0.481 e. The van der Waals surface area contributed by atoms with E-state index in [-0.39, 0.29) is 25.0 Å². The second kappa shape index (κ2) is 16.7. The van der Waals surface area contributed by atoms with Crippen molar-refractivity contribution in [3.8, 4) is 11.1 Å². The molecule has 0 heterocycles. The van der Waals surface area contributed by atoms with Gasteiger partial charge in [0.15, 0.2) is 0 Å². The van der Waals surface area contributed by atoms with Gasteiger partial charge in [-0.2, -0.15) is 5.10 Å². The molecule has 0 saturated carbocycles. The van der Waals surface area contributed by atoms with Gasteiger partial charge in [0.25, 0.3) is 0 Å². The smallest absolute Gasteiger partial charge is 0.303 e. The highest BCUT2D eigenvalue weighted by Gasteiger charge is 2.25. The van der Waals surface area contributed by atoms with E-state index in [1.54, 1.807) is 12.1 Å². The van der Waals surface area contributed by atoms with Crippen LogP contribution in [0.2, 0.25) is 5.02 Å². The standard InChI is InChI=1S/C30H35ClN4O7/c1-18(6-7-19(2)36)16-26(21-10-8-20(9-11-21)22-4-3-5-23(31)17-22)35-34-25(13-15-28(39)40)30(42)33-24(29(32)41)12-14-27(37)38/h3-5,8-11,16-17,24-25,34H,6-7,12-15H2,1-2H3,(H2,32,41)(H,33,42)(H,37,38)(H,39,40)/b18-16+,35-26+/t24-,25-/m1/s1. The monoisotopic (exact) mass is 598 g/mol. The molecule has 2 rings (SSSR count). The van der Waals surface area contributed by atoms with E-state index >= 15 is 0 Å². The minimum Gasteiger partial charge on any atom is -0.481 e. The van der Waals surface area contributed by atoms with Crippen LogP contribution in [0.25, 0.3) is 11.1 Å². The van der Waals surface area contributed by atoms with E-state index in [2.05, 4.69) is 15.8 Å². The van der Waals surface area contributed by atoms with Crippen molar-refractivity contribution in [2.75, 3.05) is 0 Å². The summed E-state index contributed by atoms with van der Waals surface area (Å²) < 4.78 is 0. The van der Waals surface area contributed by atoms with Gasteiger partial charge in [-0.25, -0.2) is 0 Å². The third kappa shape index (κ3) is 11.9. The lowest BCUT2D eigenvalue weighted by Crippen LogP contribution is -2.51. The SMILES string of the molecule is CC(=O)CC/C(C)=C/C(=N\N[C@H](CCC(=O)O)C(=O)N[C@H](CCC(=O)O)C(N)=O)c1ccc(-c2cccc(Cl)c2)cc1. The zero-order valence-electron chi connectivity index (χ0n) is 23.4. The first-order valence-electron chi connectivity index (χ1n) is 13.2. The molecule has 0 fully saturated rings. The quantitative estimate of drug-likeness (QED) is 0.135. The molecule has 0 radical (unpaired) electrons. The van der Waals surface area contributed by atoms with E-state index in [9.17, 15) is 29.1 Å². The number of carboxylic acids is 2. The molecule has 2 aromatic carbocycles. The highest BCUT2D eigenvalue weighted by Crippen LogP contribution is 2.23. The van der Waals surface area contributed by atoms with E-state index < -0.39 is 42.3 Å². The molecule has 0 spiro atoms. The molecule has 224 valence electrons. The van der Waals surface area contributed by atoms with Crippen LogP contribution >= 0.6 is 11.6 Å². The highest BCUT2D eigenvalue weighted by molar-refractivity contribution is 6.30. The van der Waals surface area contributed by atoms with Gasteiger partial charge in [0.2, 0.25) is 11.8 Å². The van der Waals surface area contributed by atoms with E-state index in [1.807, 2.05) is 49.4 Å². The Balaban J connectivity index is 2.40. The van der Waals surface area contributed by atoms with Gasteiger partial charge in [0.05, 0.1) is 5.71 Å². The number of benzene rings is 2. The summed E-state index contributed by atoms with van der Waals surface area (Å²) in [6.07, 6.45) is 1.40. The van der Waals surface area contributed by atoms with Gasteiger partial charge in [0.1, 0.15) is 17.9 Å². The van der Waals surface area contributed by atoms with Crippen molar-refractivity contribution in [3.63, 3.8) is 0 Å². The van der Waals surface area contributed by atoms with Crippen LogP contribution in [0.1, 0.15) is 57.9 Å². The number of hydrazone groups is 1. The average molecular weight is 599 g/mol. The lowest BCUT2D eigenvalue weighted by molar-refractivity contribution is -0.139. The van der Waals surface area contributed by atoms with Crippen molar-refractivity contribution >= 4 is 46.8 Å². The fourth-order valence-corrected chi connectivity index (χ4v) is 4.05. The molecule has 0 aliphatic heterocycles. The second-order valence-corrected chi connectivity index (χ2v) is 10.2. The number of hydrogen-bond acceptors (Lipinski definition) is 7. The van der Waals surface area contributed by atoms with E-state index in [0.717, 1.165) is 16.7 Å². The van der Waals surface area contributed by atoms with Crippen molar-refractivity contribution in [1.29, 1.82) is 0 Å². The Morgan fingerprint density at radius 3 is 2.05 bits per heavy atom. The number of nitrogens with two attached hydrogens (primary N) is 1. The second-order valence-electron chi connectivity index (χ2n) is 9.79. The number of primary amides is 1. The third-order valence-corrected chi connectivity index (χ3v) is 6.44. The number of amides is 2. The molecule has 0 saturated heterocycles. The molecule has 0 aliphatic rings. The fourth-order valence-electron chi connectivity index (χ4n) is 3.86. The number of carbonyl (C=O) groups is 5. The molecule has 2 aromatic rings. The molecule has 0 aliphatic carbocycles. The summed E-state index contributed by atoms with van der Waals surface area (Å²) in [5.74, 6) is -3.97. The normalized spacial score (nSPS) is 13.1. The van der Waals surface area contributed by atoms with Crippen molar-refractivity contribution in [2.24, 2.45) is 10.8 Å². The summed E-state index contributed by atoms with van der Waals surface area (Å²) in [6, 6.07) is 12.3. The Kier molecular flexibility index (Phi) is 13.4. The zero-order chi connectivity index (χ0) is 31.2. The van der Waals surface area contributed by atoms with Crippen LogP contribution in [0.15, 0.2) is 65.3 Å². The summed E-state index contributed by atoms with van der Waals surface area (Å²) in [6.45, 7) is 3.34. The average Bonchev–Trinajstić information content (AvgIpc) is 2.93. The number of hydrogen-bond donors (Lipinski definition) is 5. The van der Waals surface area contributed by atoms with Gasteiger partial charge in [-0.05, 0) is 62.4 Å². The minimum absolute atomic E-state index is 0.0301. The first-order chi connectivity index (χ1) is 19.8. The van der Waals surface area contributed by atoms with E-state index in [1.165, 1.54) is 6.92 Å². The molecule has 0 bridgehead atoms. The number of carboxylic acid groups (broad SMARTS) is 2. The van der Waals surface area contributed by atoms with Gasteiger partial charge in [-0.3, -0.25) is 24.6 Å².